The number of nitrogens with one attached hydrogen (secondary N) is 3. The number of benzene rings is 2. The number of hydrazine groups is 1. The third-order valence-electron chi connectivity index (χ3n) is 3.64. The molecule has 0 unspecified atom stereocenters. The number of hydrogen-bond donors (Lipinski definition) is 3. The van der Waals surface area contributed by atoms with Crippen molar-refractivity contribution in [3.63, 3.8) is 0 Å². The summed E-state index contributed by atoms with van der Waals surface area (Å²) in [6, 6.07) is 18.5. The van der Waals surface area contributed by atoms with Gasteiger partial charge < -0.3 is 0 Å². The summed E-state index contributed by atoms with van der Waals surface area (Å²) in [7, 11) is -3.71. The van der Waals surface area contributed by atoms with Gasteiger partial charge in [0.15, 0.2) is 0 Å². The van der Waals surface area contributed by atoms with Gasteiger partial charge in [-0.2, -0.15) is 0 Å². The van der Waals surface area contributed by atoms with Crippen molar-refractivity contribution in [2.75, 3.05) is 4.72 Å². The van der Waals surface area contributed by atoms with E-state index in [1.165, 1.54) is 48.7 Å². The fraction of sp³-hybridized carbons (Fsp3) is 0. The van der Waals surface area contributed by atoms with E-state index in [0.717, 1.165) is 0 Å². The van der Waals surface area contributed by atoms with Gasteiger partial charge in [0.1, 0.15) is 5.69 Å². The van der Waals surface area contributed by atoms with E-state index < -0.39 is 21.8 Å². The maximum atomic E-state index is 12.3. The quantitative estimate of drug-likeness (QED) is 0.570. The van der Waals surface area contributed by atoms with E-state index in [2.05, 4.69) is 20.6 Å². The van der Waals surface area contributed by atoms with Crippen LogP contribution in [0.4, 0.5) is 5.69 Å². The summed E-state index contributed by atoms with van der Waals surface area (Å²) in [6.45, 7) is 0. The predicted molar refractivity (Wildman–Crippen MR) is 103 cm³/mol. The Morgan fingerprint density at radius 3 is 2.04 bits per heavy atom. The van der Waals surface area contributed by atoms with Crippen LogP contribution in [0.25, 0.3) is 0 Å². The molecular weight excluding hydrogens is 380 g/mol. The van der Waals surface area contributed by atoms with Gasteiger partial charge in [-0.05, 0) is 48.5 Å². The Hall–Kier alpha value is -3.72. The number of aromatic nitrogens is 1. The van der Waals surface area contributed by atoms with Crippen molar-refractivity contribution >= 4 is 27.5 Å². The molecule has 142 valence electrons. The Labute approximate surface area is 161 Å². The average molecular weight is 396 g/mol. The molecule has 0 bridgehead atoms. The lowest BCUT2D eigenvalue weighted by Crippen LogP contribution is -2.41. The van der Waals surface area contributed by atoms with Crippen LogP contribution in [-0.2, 0) is 10.0 Å². The Balaban J connectivity index is 1.61. The monoisotopic (exact) mass is 396 g/mol. The first-order chi connectivity index (χ1) is 13.5. The van der Waals surface area contributed by atoms with Gasteiger partial charge in [-0.3, -0.25) is 30.1 Å². The number of anilines is 1. The van der Waals surface area contributed by atoms with Crippen LogP contribution in [-0.4, -0.2) is 25.2 Å². The van der Waals surface area contributed by atoms with Crippen molar-refractivity contribution < 1.29 is 18.0 Å². The van der Waals surface area contributed by atoms with Crippen LogP contribution < -0.4 is 15.6 Å². The lowest BCUT2D eigenvalue weighted by atomic mass is 10.2. The normalized spacial score (nSPS) is 10.7. The van der Waals surface area contributed by atoms with E-state index in [1.807, 2.05) is 0 Å². The first-order valence-corrected chi connectivity index (χ1v) is 9.64. The van der Waals surface area contributed by atoms with Gasteiger partial charge in [-0.15, -0.1) is 0 Å². The number of rotatable bonds is 5. The minimum atomic E-state index is -3.71. The fourth-order valence-electron chi connectivity index (χ4n) is 2.25. The van der Waals surface area contributed by atoms with Gasteiger partial charge in [-0.25, -0.2) is 8.42 Å². The molecule has 1 heterocycles. The minimum Gasteiger partial charge on any atom is -0.280 e. The first kappa shape index (κ1) is 19.1. The van der Waals surface area contributed by atoms with Crippen LogP contribution in [0.1, 0.15) is 20.8 Å². The number of hydrogen-bond acceptors (Lipinski definition) is 5. The average Bonchev–Trinajstić information content (AvgIpc) is 2.73. The highest BCUT2D eigenvalue weighted by molar-refractivity contribution is 7.92. The molecule has 0 spiro atoms. The smallest absolute Gasteiger partial charge is 0.280 e. The highest BCUT2D eigenvalue weighted by Gasteiger charge is 2.14. The van der Waals surface area contributed by atoms with E-state index in [1.54, 1.807) is 30.3 Å². The minimum absolute atomic E-state index is 0.133. The Kier molecular flexibility index (Phi) is 5.66. The molecule has 0 aliphatic carbocycles. The Morgan fingerprint density at radius 1 is 0.750 bits per heavy atom. The molecule has 3 aromatic rings. The molecule has 3 N–H and O–H groups in total. The Bertz CT molecular complexity index is 1070. The number of sulfonamides is 1. The topological polar surface area (TPSA) is 117 Å². The van der Waals surface area contributed by atoms with Crippen molar-refractivity contribution in [3.05, 3.63) is 90.3 Å². The molecule has 1 aromatic heterocycles. The van der Waals surface area contributed by atoms with Crippen LogP contribution in [0.2, 0.25) is 0 Å². The van der Waals surface area contributed by atoms with Crippen molar-refractivity contribution in [2.24, 2.45) is 0 Å². The maximum absolute atomic E-state index is 12.3. The molecule has 8 nitrogen and oxygen atoms in total. The third-order valence-corrected chi connectivity index (χ3v) is 5.04. The zero-order chi connectivity index (χ0) is 20.0. The number of nitrogens with zero attached hydrogens (tertiary/aromatic N) is 1. The second kappa shape index (κ2) is 8.31. The van der Waals surface area contributed by atoms with Crippen molar-refractivity contribution in [3.8, 4) is 0 Å². The van der Waals surface area contributed by atoms with Gasteiger partial charge in [0.2, 0.25) is 0 Å². The molecule has 0 atom stereocenters. The molecule has 0 radical (unpaired) electrons. The summed E-state index contributed by atoms with van der Waals surface area (Å²) in [6.07, 6.45) is 1.46. The molecule has 0 saturated heterocycles. The van der Waals surface area contributed by atoms with Crippen molar-refractivity contribution in [1.29, 1.82) is 0 Å². The summed E-state index contributed by atoms with van der Waals surface area (Å²) in [5, 5.41) is 0. The van der Waals surface area contributed by atoms with Crippen LogP contribution in [0.5, 0.6) is 0 Å². The lowest BCUT2D eigenvalue weighted by molar-refractivity contribution is 0.0844. The number of carbonyl (C=O) groups is 2. The maximum Gasteiger partial charge on any atom is 0.288 e. The van der Waals surface area contributed by atoms with Gasteiger partial charge >= 0.3 is 0 Å². The van der Waals surface area contributed by atoms with Crippen molar-refractivity contribution in [2.45, 2.75) is 4.90 Å². The Morgan fingerprint density at radius 2 is 1.39 bits per heavy atom. The third kappa shape index (κ3) is 4.71. The molecule has 0 aliphatic heterocycles. The van der Waals surface area contributed by atoms with Crippen LogP contribution >= 0.6 is 0 Å². The first-order valence-electron chi connectivity index (χ1n) is 8.15. The van der Waals surface area contributed by atoms with E-state index in [0.29, 0.717) is 5.69 Å². The largest absolute Gasteiger partial charge is 0.288 e. The molecule has 9 heteroatoms. The van der Waals surface area contributed by atoms with Gasteiger partial charge in [0, 0.05) is 17.4 Å². The second-order valence-electron chi connectivity index (χ2n) is 5.62. The number of carbonyl (C=O) groups excluding carboxylic acids is 2. The molecular formula is C19H16N4O4S. The number of amides is 2. The summed E-state index contributed by atoms with van der Waals surface area (Å²) >= 11 is 0. The number of pyridine rings is 1. The second-order valence-corrected chi connectivity index (χ2v) is 7.30. The summed E-state index contributed by atoms with van der Waals surface area (Å²) in [4.78, 5) is 28.0. The molecule has 2 aromatic carbocycles. The molecule has 0 saturated carbocycles. The summed E-state index contributed by atoms with van der Waals surface area (Å²) in [5.41, 5.74) is 5.24. The molecule has 0 aliphatic rings. The van der Waals surface area contributed by atoms with Gasteiger partial charge in [0.05, 0.1) is 4.90 Å². The molecule has 0 fully saturated rings. The van der Waals surface area contributed by atoms with Gasteiger partial charge in [0.25, 0.3) is 21.8 Å². The molecule has 2 amide bonds. The fourth-order valence-corrected chi connectivity index (χ4v) is 3.33. The standard InChI is InChI=1S/C19H16N4O4S/c24-18(21-22-19(25)17-8-4-5-13-20-17)14-9-11-15(12-10-14)23-28(26,27)16-6-2-1-3-7-16/h1-13,23H,(H,21,24)(H,22,25). The zero-order valence-electron chi connectivity index (χ0n) is 14.5. The van der Waals surface area contributed by atoms with Gasteiger partial charge in [-0.1, -0.05) is 24.3 Å². The van der Waals surface area contributed by atoms with Crippen LogP contribution in [0.3, 0.4) is 0 Å². The molecule has 28 heavy (non-hydrogen) atoms. The molecule has 3 rings (SSSR count). The predicted octanol–water partition coefficient (Wildman–Crippen LogP) is 1.96. The highest BCUT2D eigenvalue weighted by Crippen LogP contribution is 2.16. The highest BCUT2D eigenvalue weighted by atomic mass is 32.2. The van der Waals surface area contributed by atoms with E-state index >= 15 is 0 Å². The summed E-state index contributed by atoms with van der Waals surface area (Å²) in [5.74, 6) is -1.11. The van der Waals surface area contributed by atoms with Crippen LogP contribution in [0.15, 0.2) is 83.9 Å². The van der Waals surface area contributed by atoms with Crippen molar-refractivity contribution in [1.82, 2.24) is 15.8 Å². The van der Waals surface area contributed by atoms with E-state index in [9.17, 15) is 18.0 Å². The summed E-state index contributed by atoms with van der Waals surface area (Å²) < 4.78 is 27.0. The SMILES string of the molecule is O=C(NNC(=O)c1ccccn1)c1ccc(NS(=O)(=O)c2ccccc2)cc1. The zero-order valence-corrected chi connectivity index (χ0v) is 15.3. The van der Waals surface area contributed by atoms with E-state index in [-0.39, 0.29) is 16.2 Å². The lowest BCUT2D eigenvalue weighted by Gasteiger charge is -2.09. The van der Waals surface area contributed by atoms with E-state index in [4.69, 9.17) is 0 Å². The van der Waals surface area contributed by atoms with Crippen LogP contribution in [0, 0.1) is 0 Å².